The molecule has 4 aromatic rings. The zero-order valence-corrected chi connectivity index (χ0v) is 20.3. The number of benzene rings is 3. The SMILES string of the molecule is COc1cc(/C=N\Nc2nc(-c3ccccc3)c(C)s2)ccc1OCc1ccc(Cl)c(Cl)c1. The van der Waals surface area contributed by atoms with Crippen LogP contribution in [0.5, 0.6) is 11.5 Å². The molecule has 33 heavy (non-hydrogen) atoms. The lowest BCUT2D eigenvalue weighted by Crippen LogP contribution is -1.99. The molecule has 1 aromatic heterocycles. The first-order valence-corrected chi connectivity index (χ1v) is 11.7. The summed E-state index contributed by atoms with van der Waals surface area (Å²) in [5.41, 5.74) is 6.83. The maximum atomic E-state index is 6.07. The molecule has 5 nitrogen and oxygen atoms in total. The summed E-state index contributed by atoms with van der Waals surface area (Å²) in [5, 5.41) is 6.07. The molecule has 1 heterocycles. The van der Waals surface area contributed by atoms with E-state index in [0.29, 0.717) is 28.2 Å². The van der Waals surface area contributed by atoms with Gasteiger partial charge in [-0.25, -0.2) is 4.98 Å². The Morgan fingerprint density at radius 3 is 2.58 bits per heavy atom. The van der Waals surface area contributed by atoms with Gasteiger partial charge in [0.25, 0.3) is 0 Å². The highest BCUT2D eigenvalue weighted by atomic mass is 35.5. The lowest BCUT2D eigenvalue weighted by Gasteiger charge is -2.11. The summed E-state index contributed by atoms with van der Waals surface area (Å²) < 4.78 is 11.4. The van der Waals surface area contributed by atoms with E-state index in [1.54, 1.807) is 36.8 Å². The molecule has 3 aromatic carbocycles. The molecule has 0 spiro atoms. The Labute approximate surface area is 206 Å². The third kappa shape index (κ3) is 5.85. The van der Waals surface area contributed by atoms with E-state index in [4.69, 9.17) is 32.7 Å². The van der Waals surface area contributed by atoms with Gasteiger partial charge in [0.05, 0.1) is 29.1 Å². The van der Waals surface area contributed by atoms with Crippen molar-refractivity contribution in [2.24, 2.45) is 5.10 Å². The number of aromatic nitrogens is 1. The number of hydrazone groups is 1. The van der Waals surface area contributed by atoms with Crippen LogP contribution in [0.2, 0.25) is 10.0 Å². The molecule has 0 aliphatic heterocycles. The molecule has 4 rings (SSSR count). The van der Waals surface area contributed by atoms with Crippen LogP contribution in [0, 0.1) is 6.92 Å². The zero-order chi connectivity index (χ0) is 23.2. The molecule has 0 aliphatic carbocycles. The quantitative estimate of drug-likeness (QED) is 0.202. The van der Waals surface area contributed by atoms with Gasteiger partial charge in [0.1, 0.15) is 6.61 Å². The number of nitrogens with zero attached hydrogens (tertiary/aromatic N) is 2. The van der Waals surface area contributed by atoms with Crippen LogP contribution in [0.4, 0.5) is 5.13 Å². The number of thiazole rings is 1. The van der Waals surface area contributed by atoms with E-state index in [-0.39, 0.29) is 0 Å². The summed E-state index contributed by atoms with van der Waals surface area (Å²) in [7, 11) is 1.60. The minimum atomic E-state index is 0.343. The number of methoxy groups -OCH3 is 1. The van der Waals surface area contributed by atoms with Crippen LogP contribution in [-0.4, -0.2) is 18.3 Å². The van der Waals surface area contributed by atoms with Crippen molar-refractivity contribution in [2.75, 3.05) is 12.5 Å². The second-order valence-electron chi connectivity index (χ2n) is 7.11. The summed E-state index contributed by atoms with van der Waals surface area (Å²) in [6, 6.07) is 21.1. The fourth-order valence-corrected chi connectivity index (χ4v) is 4.25. The molecule has 0 radical (unpaired) electrons. The number of aryl methyl sites for hydroxylation is 1. The van der Waals surface area contributed by atoms with Crippen LogP contribution in [0.1, 0.15) is 16.0 Å². The smallest absolute Gasteiger partial charge is 0.204 e. The van der Waals surface area contributed by atoms with Crippen molar-refractivity contribution in [3.8, 4) is 22.8 Å². The van der Waals surface area contributed by atoms with Crippen LogP contribution in [-0.2, 0) is 6.61 Å². The molecule has 0 unspecified atom stereocenters. The molecular weight excluding hydrogens is 477 g/mol. The number of halogens is 2. The molecule has 1 N–H and O–H groups in total. The van der Waals surface area contributed by atoms with Crippen molar-refractivity contribution < 1.29 is 9.47 Å². The number of hydrogen-bond donors (Lipinski definition) is 1. The molecule has 0 atom stereocenters. The Hall–Kier alpha value is -3.06. The Kier molecular flexibility index (Phi) is 7.50. The molecule has 168 valence electrons. The topological polar surface area (TPSA) is 55.7 Å². The normalized spacial score (nSPS) is 11.0. The number of nitrogens with one attached hydrogen (secondary N) is 1. The maximum Gasteiger partial charge on any atom is 0.204 e. The van der Waals surface area contributed by atoms with E-state index in [1.165, 1.54) is 0 Å². The highest BCUT2D eigenvalue weighted by molar-refractivity contribution is 7.16. The average molecular weight is 498 g/mol. The van der Waals surface area contributed by atoms with E-state index in [1.807, 2.05) is 54.6 Å². The third-order valence-electron chi connectivity index (χ3n) is 4.78. The monoisotopic (exact) mass is 497 g/mol. The van der Waals surface area contributed by atoms with Gasteiger partial charge >= 0.3 is 0 Å². The molecule has 0 aliphatic rings. The molecule has 0 amide bonds. The first-order valence-electron chi connectivity index (χ1n) is 10.1. The van der Waals surface area contributed by atoms with Gasteiger partial charge in [-0.15, -0.1) is 11.3 Å². The van der Waals surface area contributed by atoms with Gasteiger partial charge < -0.3 is 9.47 Å². The Morgan fingerprint density at radius 1 is 1.00 bits per heavy atom. The molecule has 0 fully saturated rings. The summed E-state index contributed by atoms with van der Waals surface area (Å²) in [5.74, 6) is 1.23. The number of ether oxygens (including phenoxy) is 2. The average Bonchev–Trinajstić information content (AvgIpc) is 3.21. The van der Waals surface area contributed by atoms with Crippen molar-refractivity contribution in [1.29, 1.82) is 0 Å². The predicted octanol–water partition coefficient (Wildman–Crippen LogP) is 7.46. The van der Waals surface area contributed by atoms with Gasteiger partial charge in [-0.1, -0.05) is 59.6 Å². The first-order chi connectivity index (χ1) is 16.0. The third-order valence-corrected chi connectivity index (χ3v) is 6.40. The lowest BCUT2D eigenvalue weighted by atomic mass is 10.1. The van der Waals surface area contributed by atoms with Crippen molar-refractivity contribution in [1.82, 2.24) is 4.98 Å². The van der Waals surface area contributed by atoms with Gasteiger partial charge in [0.15, 0.2) is 11.5 Å². The first kappa shape index (κ1) is 23.1. The van der Waals surface area contributed by atoms with Crippen LogP contribution in [0.3, 0.4) is 0 Å². The minimum absolute atomic E-state index is 0.343. The van der Waals surface area contributed by atoms with Crippen molar-refractivity contribution in [3.63, 3.8) is 0 Å². The number of hydrogen-bond acceptors (Lipinski definition) is 6. The standard InChI is InChI=1S/C25H21Cl2N3O2S/c1-16-24(19-6-4-3-5-7-19)29-25(33-16)30-28-14-17-9-11-22(23(13-17)31-2)32-15-18-8-10-20(26)21(27)12-18/h3-14H,15H2,1-2H3,(H,29,30)/b28-14-. The number of anilines is 1. The summed E-state index contributed by atoms with van der Waals surface area (Å²) in [6.07, 6.45) is 1.71. The van der Waals surface area contributed by atoms with Gasteiger partial charge in [-0.3, -0.25) is 5.43 Å². The van der Waals surface area contributed by atoms with E-state index in [2.05, 4.69) is 22.4 Å². The molecule has 0 saturated carbocycles. The molecule has 8 heteroatoms. The van der Waals surface area contributed by atoms with Gasteiger partial charge in [-0.05, 0) is 48.4 Å². The fourth-order valence-electron chi connectivity index (χ4n) is 3.14. The van der Waals surface area contributed by atoms with Crippen molar-refractivity contribution in [2.45, 2.75) is 13.5 Å². The molecule has 0 bridgehead atoms. The van der Waals surface area contributed by atoms with Crippen LogP contribution in [0.25, 0.3) is 11.3 Å². The van der Waals surface area contributed by atoms with E-state index < -0.39 is 0 Å². The van der Waals surface area contributed by atoms with Crippen LogP contribution < -0.4 is 14.9 Å². The summed E-state index contributed by atoms with van der Waals surface area (Å²) in [6.45, 7) is 2.39. The van der Waals surface area contributed by atoms with Gasteiger partial charge in [-0.2, -0.15) is 5.10 Å². The fraction of sp³-hybridized carbons (Fsp3) is 0.120. The van der Waals surface area contributed by atoms with Gasteiger partial charge in [0.2, 0.25) is 5.13 Å². The Morgan fingerprint density at radius 2 is 1.82 bits per heavy atom. The van der Waals surface area contributed by atoms with Crippen molar-refractivity contribution >= 4 is 45.9 Å². The summed E-state index contributed by atoms with van der Waals surface area (Å²) in [4.78, 5) is 5.78. The van der Waals surface area contributed by atoms with Crippen LogP contribution >= 0.6 is 34.5 Å². The Bertz CT molecular complexity index is 1280. The number of rotatable bonds is 8. The highest BCUT2D eigenvalue weighted by Crippen LogP contribution is 2.31. The maximum absolute atomic E-state index is 6.07. The Balaban J connectivity index is 1.41. The summed E-state index contributed by atoms with van der Waals surface area (Å²) >= 11 is 13.6. The lowest BCUT2D eigenvalue weighted by molar-refractivity contribution is 0.284. The van der Waals surface area contributed by atoms with Crippen LogP contribution in [0.15, 0.2) is 71.8 Å². The van der Waals surface area contributed by atoms with Gasteiger partial charge in [0, 0.05) is 10.4 Å². The second kappa shape index (κ2) is 10.7. The largest absolute Gasteiger partial charge is 0.493 e. The molecular formula is C25H21Cl2N3O2S. The van der Waals surface area contributed by atoms with E-state index >= 15 is 0 Å². The highest BCUT2D eigenvalue weighted by Gasteiger charge is 2.09. The second-order valence-corrected chi connectivity index (χ2v) is 9.12. The zero-order valence-electron chi connectivity index (χ0n) is 18.0. The molecule has 0 saturated heterocycles. The predicted molar refractivity (Wildman–Crippen MR) is 137 cm³/mol. The van der Waals surface area contributed by atoms with E-state index in [0.717, 1.165) is 32.4 Å². The van der Waals surface area contributed by atoms with Crippen molar-refractivity contribution in [3.05, 3.63) is 92.8 Å². The van der Waals surface area contributed by atoms with E-state index in [9.17, 15) is 0 Å². The minimum Gasteiger partial charge on any atom is -0.493 e.